The van der Waals surface area contributed by atoms with E-state index in [2.05, 4.69) is 37.5 Å². The van der Waals surface area contributed by atoms with Gasteiger partial charge in [-0.05, 0) is 79.6 Å². The largest absolute Gasteiger partial charge is 0.378 e. The molecule has 0 saturated carbocycles. The summed E-state index contributed by atoms with van der Waals surface area (Å²) in [5, 5.41) is 17.4. The minimum Gasteiger partial charge on any atom is -0.378 e. The molecule has 3 aromatic carbocycles. The molecule has 1 heterocycles. The number of aryl methyl sites for hydroxylation is 2. The predicted molar refractivity (Wildman–Crippen MR) is 120 cm³/mol. The topological polar surface area (TPSA) is 61.9 Å². The number of ether oxygens (including phenoxy) is 1. The molecule has 0 spiro atoms. The van der Waals surface area contributed by atoms with E-state index in [4.69, 9.17) is 4.74 Å². The van der Waals surface area contributed by atoms with Gasteiger partial charge in [-0.2, -0.15) is 20.5 Å². The quantitative estimate of drug-likeness (QED) is 0.435. The van der Waals surface area contributed by atoms with Gasteiger partial charge in [0.25, 0.3) is 0 Å². The van der Waals surface area contributed by atoms with E-state index in [0.717, 1.165) is 60.2 Å². The number of nitrogens with zero attached hydrogens (tertiary/aromatic N) is 5. The fraction of sp³-hybridized carbons (Fsp3) is 0.250. The molecule has 0 unspecified atom stereocenters. The maximum Gasteiger partial charge on any atom is 0.0887 e. The fourth-order valence-corrected chi connectivity index (χ4v) is 3.28. The average Bonchev–Trinajstić information content (AvgIpc) is 2.78. The van der Waals surface area contributed by atoms with Crippen molar-refractivity contribution in [1.29, 1.82) is 0 Å². The van der Waals surface area contributed by atoms with Gasteiger partial charge in [-0.3, -0.25) is 0 Å². The zero-order chi connectivity index (χ0) is 20.8. The molecular weight excluding hydrogens is 374 g/mol. The van der Waals surface area contributed by atoms with Crippen molar-refractivity contribution >= 4 is 28.4 Å². The second-order valence-electron chi connectivity index (χ2n) is 7.33. The summed E-state index contributed by atoms with van der Waals surface area (Å²) in [7, 11) is 0. The molecule has 0 bridgehead atoms. The van der Waals surface area contributed by atoms with Crippen molar-refractivity contribution in [3.63, 3.8) is 0 Å². The van der Waals surface area contributed by atoms with Crippen LogP contribution in [0.2, 0.25) is 0 Å². The molecule has 6 heteroatoms. The van der Waals surface area contributed by atoms with Gasteiger partial charge in [-0.1, -0.05) is 12.1 Å². The van der Waals surface area contributed by atoms with Gasteiger partial charge >= 0.3 is 0 Å². The van der Waals surface area contributed by atoms with Crippen molar-refractivity contribution < 1.29 is 4.74 Å². The Morgan fingerprint density at radius 2 is 1.37 bits per heavy atom. The van der Waals surface area contributed by atoms with Crippen LogP contribution in [0.25, 0.3) is 0 Å². The van der Waals surface area contributed by atoms with Crippen LogP contribution in [0.4, 0.5) is 28.4 Å². The van der Waals surface area contributed by atoms with E-state index in [1.807, 2.05) is 68.4 Å². The van der Waals surface area contributed by atoms with Gasteiger partial charge in [0, 0.05) is 18.8 Å². The lowest BCUT2D eigenvalue weighted by atomic mass is 10.2. The third-order valence-corrected chi connectivity index (χ3v) is 4.96. The summed E-state index contributed by atoms with van der Waals surface area (Å²) in [5.41, 5.74) is 6.65. The number of rotatable bonds is 5. The molecule has 1 aliphatic rings. The third kappa shape index (κ3) is 5.15. The lowest BCUT2D eigenvalue weighted by molar-refractivity contribution is 0.122. The molecule has 0 radical (unpaired) electrons. The second kappa shape index (κ2) is 9.41. The average molecular weight is 399 g/mol. The Hall–Kier alpha value is -3.38. The number of anilines is 1. The summed E-state index contributed by atoms with van der Waals surface area (Å²) < 4.78 is 5.41. The molecule has 0 amide bonds. The molecule has 4 rings (SSSR count). The SMILES string of the molecule is Cc1cccc(/N=N/c2ccc(/N=N/c3ccc(N4CCOCC4)cc3)cc2C)c1. The van der Waals surface area contributed by atoms with Gasteiger partial charge in [0.05, 0.1) is 36.0 Å². The van der Waals surface area contributed by atoms with Gasteiger partial charge in [0.1, 0.15) is 0 Å². The first-order valence-corrected chi connectivity index (χ1v) is 10.1. The van der Waals surface area contributed by atoms with Crippen LogP contribution in [0.15, 0.2) is 87.2 Å². The van der Waals surface area contributed by atoms with Crippen LogP contribution in [0.1, 0.15) is 11.1 Å². The molecule has 0 N–H and O–H groups in total. The van der Waals surface area contributed by atoms with Crippen molar-refractivity contribution in [1.82, 2.24) is 0 Å². The van der Waals surface area contributed by atoms with Crippen LogP contribution in [-0.2, 0) is 4.74 Å². The highest BCUT2D eigenvalue weighted by Crippen LogP contribution is 2.28. The molecule has 152 valence electrons. The highest BCUT2D eigenvalue weighted by Gasteiger charge is 2.10. The van der Waals surface area contributed by atoms with Gasteiger partial charge in [-0.15, -0.1) is 0 Å². The number of hydrogen-bond donors (Lipinski definition) is 0. The van der Waals surface area contributed by atoms with Crippen molar-refractivity contribution in [2.45, 2.75) is 13.8 Å². The van der Waals surface area contributed by atoms with Crippen LogP contribution in [0.5, 0.6) is 0 Å². The number of azo groups is 2. The Balaban J connectivity index is 1.42. The highest BCUT2D eigenvalue weighted by atomic mass is 16.5. The van der Waals surface area contributed by atoms with Crippen LogP contribution in [0.3, 0.4) is 0 Å². The Labute approximate surface area is 176 Å². The Bertz CT molecular complexity index is 1050. The molecule has 30 heavy (non-hydrogen) atoms. The Morgan fingerprint density at radius 3 is 2.10 bits per heavy atom. The summed E-state index contributed by atoms with van der Waals surface area (Å²) >= 11 is 0. The van der Waals surface area contributed by atoms with Gasteiger partial charge in [0.15, 0.2) is 0 Å². The molecule has 0 atom stereocenters. The molecule has 0 aromatic heterocycles. The van der Waals surface area contributed by atoms with Crippen molar-refractivity contribution in [2.24, 2.45) is 20.5 Å². The van der Waals surface area contributed by atoms with Gasteiger partial charge < -0.3 is 9.64 Å². The minimum atomic E-state index is 0.779. The normalized spacial score (nSPS) is 14.7. The van der Waals surface area contributed by atoms with E-state index in [-0.39, 0.29) is 0 Å². The maximum atomic E-state index is 5.41. The molecular formula is C24H25N5O. The van der Waals surface area contributed by atoms with Crippen LogP contribution < -0.4 is 4.90 Å². The van der Waals surface area contributed by atoms with Crippen molar-refractivity contribution in [3.05, 3.63) is 77.9 Å². The predicted octanol–water partition coefficient (Wildman–Crippen LogP) is 6.97. The summed E-state index contributed by atoms with van der Waals surface area (Å²) in [6, 6.07) is 21.9. The van der Waals surface area contributed by atoms with Gasteiger partial charge in [0.2, 0.25) is 0 Å². The van der Waals surface area contributed by atoms with E-state index in [1.165, 1.54) is 5.69 Å². The molecule has 1 aliphatic heterocycles. The molecule has 1 saturated heterocycles. The molecule has 3 aromatic rings. The zero-order valence-electron chi connectivity index (χ0n) is 17.3. The van der Waals surface area contributed by atoms with Gasteiger partial charge in [-0.25, -0.2) is 0 Å². The van der Waals surface area contributed by atoms with Crippen LogP contribution in [0, 0.1) is 13.8 Å². The van der Waals surface area contributed by atoms with E-state index in [1.54, 1.807) is 0 Å². The maximum absolute atomic E-state index is 5.41. The summed E-state index contributed by atoms with van der Waals surface area (Å²) in [4.78, 5) is 2.32. The first-order valence-electron chi connectivity index (χ1n) is 10.1. The van der Waals surface area contributed by atoms with Crippen molar-refractivity contribution in [2.75, 3.05) is 31.2 Å². The third-order valence-electron chi connectivity index (χ3n) is 4.96. The zero-order valence-corrected chi connectivity index (χ0v) is 17.3. The smallest absolute Gasteiger partial charge is 0.0887 e. The lowest BCUT2D eigenvalue weighted by Gasteiger charge is -2.28. The van der Waals surface area contributed by atoms with E-state index < -0.39 is 0 Å². The van der Waals surface area contributed by atoms with E-state index >= 15 is 0 Å². The molecule has 6 nitrogen and oxygen atoms in total. The van der Waals surface area contributed by atoms with E-state index in [9.17, 15) is 0 Å². The first kappa shape index (κ1) is 19.9. The monoisotopic (exact) mass is 399 g/mol. The molecule has 0 aliphatic carbocycles. The fourth-order valence-electron chi connectivity index (χ4n) is 3.28. The number of morpholine rings is 1. The lowest BCUT2D eigenvalue weighted by Crippen LogP contribution is -2.36. The second-order valence-corrected chi connectivity index (χ2v) is 7.33. The first-order chi connectivity index (χ1) is 14.7. The number of hydrogen-bond acceptors (Lipinski definition) is 6. The summed E-state index contributed by atoms with van der Waals surface area (Å²) in [5.74, 6) is 0. The molecule has 1 fully saturated rings. The highest BCUT2D eigenvalue weighted by molar-refractivity contribution is 5.55. The summed E-state index contributed by atoms with van der Waals surface area (Å²) in [6.45, 7) is 7.45. The van der Waals surface area contributed by atoms with Crippen LogP contribution >= 0.6 is 0 Å². The Kier molecular flexibility index (Phi) is 6.25. The van der Waals surface area contributed by atoms with E-state index in [0.29, 0.717) is 0 Å². The van der Waals surface area contributed by atoms with Crippen LogP contribution in [-0.4, -0.2) is 26.3 Å². The van der Waals surface area contributed by atoms with Crippen molar-refractivity contribution in [3.8, 4) is 0 Å². The minimum absolute atomic E-state index is 0.779. The standard InChI is InChI=1S/C24H25N5O/c1-18-4-3-5-21(16-18)27-28-24-11-8-22(17-19(24)2)26-25-20-6-9-23(10-7-20)29-12-14-30-15-13-29/h3-11,16-17H,12-15H2,1-2H3/b26-25+,28-27+. The summed E-state index contributed by atoms with van der Waals surface area (Å²) in [6.07, 6.45) is 0. The number of benzene rings is 3. The Morgan fingerprint density at radius 1 is 0.700 bits per heavy atom.